The van der Waals surface area contributed by atoms with Crippen LogP contribution in [0.3, 0.4) is 0 Å². The maximum Gasteiger partial charge on any atom is 0.000966 e. The second-order valence-electron chi connectivity index (χ2n) is 4.59. The Labute approximate surface area is 88.8 Å². The Morgan fingerprint density at radius 3 is 2.50 bits per heavy atom. The van der Waals surface area contributed by atoms with E-state index in [0.29, 0.717) is 0 Å². The van der Waals surface area contributed by atoms with Crippen LogP contribution in [0.1, 0.15) is 45.4 Å². The van der Waals surface area contributed by atoms with Crippen molar-refractivity contribution in [3.8, 4) is 0 Å². The van der Waals surface area contributed by atoms with Crippen molar-refractivity contribution in [2.24, 2.45) is 11.7 Å². The second-order valence-corrected chi connectivity index (χ2v) is 4.59. The fourth-order valence-electron chi connectivity index (χ4n) is 2.48. The Hall–Kier alpha value is -0.0800. The molecule has 1 rings (SSSR count). The second kappa shape index (κ2) is 7.24. The van der Waals surface area contributed by atoms with Gasteiger partial charge in [-0.2, -0.15) is 0 Å². The van der Waals surface area contributed by atoms with E-state index in [1.807, 2.05) is 0 Å². The van der Waals surface area contributed by atoms with Crippen LogP contribution in [0, 0.1) is 5.92 Å². The van der Waals surface area contributed by atoms with Crippen LogP contribution in [0.5, 0.6) is 0 Å². The third-order valence-corrected chi connectivity index (χ3v) is 3.21. The molecule has 0 unspecified atom stereocenters. The zero-order valence-electron chi connectivity index (χ0n) is 9.67. The van der Waals surface area contributed by atoms with Crippen LogP contribution < -0.4 is 5.73 Å². The van der Waals surface area contributed by atoms with Crippen LogP contribution in [0.25, 0.3) is 0 Å². The molecule has 1 fully saturated rings. The molecule has 0 aromatic heterocycles. The fraction of sp³-hybridized carbons (Fsp3) is 1.00. The lowest BCUT2D eigenvalue weighted by Gasteiger charge is -2.24. The van der Waals surface area contributed by atoms with Crippen LogP contribution in [0.4, 0.5) is 0 Å². The normalized spacial score (nSPS) is 18.2. The maximum absolute atomic E-state index is 5.55. The summed E-state index contributed by atoms with van der Waals surface area (Å²) in [4.78, 5) is 2.61. The standard InChI is InChI=1S/C12H26N2/c1-2-9-14(10-5-8-13)11-12-6-3-4-7-12/h12H,2-11,13H2,1H3. The Bertz CT molecular complexity index is 130. The van der Waals surface area contributed by atoms with Crippen LogP contribution >= 0.6 is 0 Å². The van der Waals surface area contributed by atoms with Crippen LogP contribution in [-0.4, -0.2) is 31.1 Å². The third kappa shape index (κ3) is 4.43. The van der Waals surface area contributed by atoms with Gasteiger partial charge >= 0.3 is 0 Å². The molecule has 1 aliphatic carbocycles. The summed E-state index contributed by atoms with van der Waals surface area (Å²) in [5.74, 6) is 0.985. The molecule has 1 aliphatic rings. The number of rotatable bonds is 7. The minimum absolute atomic E-state index is 0.838. The largest absolute Gasteiger partial charge is 0.330 e. The molecule has 84 valence electrons. The summed E-state index contributed by atoms with van der Waals surface area (Å²) in [5.41, 5.74) is 5.55. The first-order valence-corrected chi connectivity index (χ1v) is 6.29. The third-order valence-electron chi connectivity index (χ3n) is 3.21. The van der Waals surface area contributed by atoms with E-state index in [-0.39, 0.29) is 0 Å². The van der Waals surface area contributed by atoms with Gasteiger partial charge in [0.05, 0.1) is 0 Å². The van der Waals surface area contributed by atoms with Gasteiger partial charge in [-0.05, 0) is 51.2 Å². The SMILES string of the molecule is CCCN(CCCN)CC1CCCC1. The Balaban J connectivity index is 2.18. The van der Waals surface area contributed by atoms with Crippen molar-refractivity contribution in [3.63, 3.8) is 0 Å². The smallest absolute Gasteiger partial charge is 0.000966 e. The van der Waals surface area contributed by atoms with E-state index in [4.69, 9.17) is 5.73 Å². The van der Waals surface area contributed by atoms with Gasteiger partial charge in [-0.25, -0.2) is 0 Å². The molecule has 1 saturated carbocycles. The minimum Gasteiger partial charge on any atom is -0.330 e. The Kier molecular flexibility index (Phi) is 6.20. The molecule has 2 N–H and O–H groups in total. The zero-order valence-corrected chi connectivity index (χ0v) is 9.67. The van der Waals surface area contributed by atoms with Crippen molar-refractivity contribution in [1.82, 2.24) is 4.90 Å². The fourth-order valence-corrected chi connectivity index (χ4v) is 2.48. The molecule has 0 spiro atoms. The van der Waals surface area contributed by atoms with Crippen molar-refractivity contribution >= 4 is 0 Å². The highest BCUT2D eigenvalue weighted by molar-refractivity contribution is 4.71. The van der Waals surface area contributed by atoms with E-state index in [9.17, 15) is 0 Å². The predicted octanol–water partition coefficient (Wildman–Crippen LogP) is 2.24. The molecule has 0 aromatic carbocycles. The molecule has 0 aliphatic heterocycles. The molecule has 0 radical (unpaired) electrons. The molecule has 0 amide bonds. The average molecular weight is 198 g/mol. The summed E-state index contributed by atoms with van der Waals surface area (Å²) in [6.07, 6.45) is 8.28. The molecule has 0 heterocycles. The quantitative estimate of drug-likeness (QED) is 0.680. The number of nitrogens with zero attached hydrogens (tertiary/aromatic N) is 1. The van der Waals surface area contributed by atoms with Crippen molar-refractivity contribution in [3.05, 3.63) is 0 Å². The summed E-state index contributed by atoms with van der Waals surface area (Å²) < 4.78 is 0. The van der Waals surface area contributed by atoms with Crippen molar-refractivity contribution < 1.29 is 0 Å². The summed E-state index contributed by atoms with van der Waals surface area (Å²) in [7, 11) is 0. The molecular weight excluding hydrogens is 172 g/mol. The zero-order chi connectivity index (χ0) is 10.2. The summed E-state index contributed by atoms with van der Waals surface area (Å²) in [6.45, 7) is 6.90. The number of hydrogen-bond acceptors (Lipinski definition) is 2. The molecule has 2 heteroatoms. The summed E-state index contributed by atoms with van der Waals surface area (Å²) in [5, 5.41) is 0. The van der Waals surface area contributed by atoms with Gasteiger partial charge in [0, 0.05) is 6.54 Å². The maximum atomic E-state index is 5.55. The van der Waals surface area contributed by atoms with Gasteiger partial charge in [-0.3, -0.25) is 0 Å². The first kappa shape index (κ1) is 12.0. The predicted molar refractivity (Wildman–Crippen MR) is 62.4 cm³/mol. The first-order chi connectivity index (χ1) is 6.86. The molecule has 0 atom stereocenters. The van der Waals surface area contributed by atoms with Crippen molar-refractivity contribution in [1.29, 1.82) is 0 Å². The van der Waals surface area contributed by atoms with E-state index < -0.39 is 0 Å². The molecule has 14 heavy (non-hydrogen) atoms. The van der Waals surface area contributed by atoms with Gasteiger partial charge in [0.1, 0.15) is 0 Å². The van der Waals surface area contributed by atoms with Gasteiger partial charge in [0.2, 0.25) is 0 Å². The first-order valence-electron chi connectivity index (χ1n) is 6.29. The topological polar surface area (TPSA) is 29.3 Å². The lowest BCUT2D eigenvalue weighted by Crippen LogP contribution is -2.31. The molecule has 0 aromatic rings. The monoisotopic (exact) mass is 198 g/mol. The van der Waals surface area contributed by atoms with Crippen LogP contribution in [0.15, 0.2) is 0 Å². The van der Waals surface area contributed by atoms with Crippen molar-refractivity contribution in [2.45, 2.75) is 45.4 Å². The summed E-state index contributed by atoms with van der Waals surface area (Å²) >= 11 is 0. The Morgan fingerprint density at radius 2 is 1.93 bits per heavy atom. The number of nitrogens with two attached hydrogens (primary N) is 1. The summed E-state index contributed by atoms with van der Waals surface area (Å²) in [6, 6.07) is 0. The van der Waals surface area contributed by atoms with Gasteiger partial charge < -0.3 is 10.6 Å². The van der Waals surface area contributed by atoms with Gasteiger partial charge in [0.25, 0.3) is 0 Å². The highest BCUT2D eigenvalue weighted by atomic mass is 15.1. The molecule has 2 nitrogen and oxygen atoms in total. The molecule has 0 saturated heterocycles. The average Bonchev–Trinajstić information content (AvgIpc) is 2.67. The van der Waals surface area contributed by atoms with E-state index in [1.54, 1.807) is 0 Å². The van der Waals surface area contributed by atoms with Crippen LogP contribution in [-0.2, 0) is 0 Å². The Morgan fingerprint density at radius 1 is 1.21 bits per heavy atom. The van der Waals surface area contributed by atoms with Crippen LogP contribution in [0.2, 0.25) is 0 Å². The number of hydrogen-bond donors (Lipinski definition) is 1. The van der Waals surface area contributed by atoms with E-state index in [1.165, 1.54) is 51.7 Å². The lowest BCUT2D eigenvalue weighted by molar-refractivity contribution is 0.230. The van der Waals surface area contributed by atoms with E-state index in [0.717, 1.165) is 18.9 Å². The van der Waals surface area contributed by atoms with Gasteiger partial charge in [0.15, 0.2) is 0 Å². The molecule has 0 bridgehead atoms. The highest BCUT2D eigenvalue weighted by Gasteiger charge is 2.17. The van der Waals surface area contributed by atoms with Gasteiger partial charge in [-0.15, -0.1) is 0 Å². The van der Waals surface area contributed by atoms with E-state index in [2.05, 4.69) is 11.8 Å². The van der Waals surface area contributed by atoms with E-state index >= 15 is 0 Å². The van der Waals surface area contributed by atoms with Crippen molar-refractivity contribution in [2.75, 3.05) is 26.2 Å². The highest BCUT2D eigenvalue weighted by Crippen LogP contribution is 2.25. The minimum atomic E-state index is 0.838. The van der Waals surface area contributed by atoms with Gasteiger partial charge in [-0.1, -0.05) is 19.8 Å². The molecular formula is C12H26N2. The lowest BCUT2D eigenvalue weighted by atomic mass is 10.1.